The average molecular weight is 490 g/mol. The van der Waals surface area contributed by atoms with E-state index in [0.29, 0.717) is 23.8 Å². The number of carboxylic acid groups (broad SMARTS) is 1. The van der Waals surface area contributed by atoms with Crippen LogP contribution in [-0.4, -0.2) is 71.2 Å². The highest BCUT2D eigenvalue weighted by molar-refractivity contribution is 7.17. The number of carbonyl (C=O) groups excluding carboxylic acids is 2. The van der Waals surface area contributed by atoms with Crippen molar-refractivity contribution in [1.29, 1.82) is 0 Å². The molecule has 13 heteroatoms. The van der Waals surface area contributed by atoms with Gasteiger partial charge in [0.15, 0.2) is 5.13 Å². The molecule has 2 atom stereocenters. The molecule has 3 heterocycles. The van der Waals surface area contributed by atoms with Crippen LogP contribution < -0.4 is 10.2 Å². The number of piperidine rings is 1. The van der Waals surface area contributed by atoms with Crippen molar-refractivity contribution in [3.8, 4) is 0 Å². The van der Waals surface area contributed by atoms with E-state index in [-0.39, 0.29) is 33.1 Å². The minimum Gasteiger partial charge on any atom is -0.477 e. The number of rotatable bonds is 6. The lowest BCUT2D eigenvalue weighted by molar-refractivity contribution is -0.174. The van der Waals surface area contributed by atoms with Crippen LogP contribution in [0, 0.1) is 12.8 Å². The van der Waals surface area contributed by atoms with Crippen LogP contribution in [0.4, 0.5) is 5.13 Å². The Morgan fingerprint density at radius 3 is 2.65 bits per heavy atom. The number of H-pyrrole nitrogens is 1. The van der Waals surface area contributed by atoms with Crippen molar-refractivity contribution in [2.75, 3.05) is 32.1 Å². The molecule has 10 nitrogen and oxygen atoms in total. The molecular weight excluding hydrogens is 469 g/mol. The van der Waals surface area contributed by atoms with Crippen LogP contribution >= 0.6 is 34.5 Å². The van der Waals surface area contributed by atoms with Crippen LogP contribution in [0.3, 0.4) is 0 Å². The Balaban J connectivity index is 1.82. The largest absolute Gasteiger partial charge is 0.477 e. The highest BCUT2D eigenvalue weighted by Crippen LogP contribution is 2.31. The second-order valence-corrected chi connectivity index (χ2v) is 8.77. The highest BCUT2D eigenvalue weighted by Gasteiger charge is 2.38. The van der Waals surface area contributed by atoms with Gasteiger partial charge in [0, 0.05) is 31.9 Å². The second-order valence-electron chi connectivity index (χ2n) is 7.00. The normalized spacial score (nSPS) is 18.7. The second kappa shape index (κ2) is 9.43. The number of thiazole rings is 1. The lowest BCUT2D eigenvalue weighted by atomic mass is 9.91. The van der Waals surface area contributed by atoms with E-state index >= 15 is 0 Å². The molecule has 1 fully saturated rings. The maximum absolute atomic E-state index is 12.9. The number of aromatic amines is 1. The van der Waals surface area contributed by atoms with Gasteiger partial charge in [-0.15, -0.1) is 0 Å². The summed E-state index contributed by atoms with van der Waals surface area (Å²) in [6, 6.07) is -0.508. The number of nitrogens with zero attached hydrogens (tertiary/aromatic N) is 3. The van der Waals surface area contributed by atoms with Gasteiger partial charge in [-0.25, -0.2) is 14.8 Å². The Bertz CT molecular complexity index is 1010. The van der Waals surface area contributed by atoms with Crippen molar-refractivity contribution >= 4 is 57.5 Å². The minimum absolute atomic E-state index is 0.107. The van der Waals surface area contributed by atoms with E-state index in [1.165, 1.54) is 20.4 Å². The number of amides is 2. The zero-order valence-electron chi connectivity index (χ0n) is 16.9. The molecule has 0 aromatic carbocycles. The third-order valence-corrected chi connectivity index (χ3v) is 7.08. The molecule has 31 heavy (non-hydrogen) atoms. The Morgan fingerprint density at radius 1 is 1.39 bits per heavy atom. The summed E-state index contributed by atoms with van der Waals surface area (Å²) in [7, 11) is 2.85. The third-order valence-electron chi connectivity index (χ3n) is 5.09. The van der Waals surface area contributed by atoms with Crippen molar-refractivity contribution in [2.45, 2.75) is 19.4 Å². The molecule has 1 aliphatic heterocycles. The molecule has 168 valence electrons. The van der Waals surface area contributed by atoms with Crippen molar-refractivity contribution in [3.05, 3.63) is 32.5 Å². The lowest BCUT2D eigenvalue weighted by Crippen LogP contribution is -2.56. The summed E-state index contributed by atoms with van der Waals surface area (Å²) in [5.74, 6) is -2.53. The van der Waals surface area contributed by atoms with Gasteiger partial charge in [-0.05, 0) is 13.3 Å². The number of hydroxylamine groups is 2. The number of carbonyl (C=O) groups is 3. The number of aromatic nitrogens is 2. The van der Waals surface area contributed by atoms with Crippen molar-refractivity contribution in [1.82, 2.24) is 20.3 Å². The first kappa shape index (κ1) is 23.3. The summed E-state index contributed by atoms with van der Waals surface area (Å²) in [5, 5.41) is 14.0. The summed E-state index contributed by atoms with van der Waals surface area (Å²) < 4.78 is 0. The van der Waals surface area contributed by atoms with Crippen LogP contribution in [0.15, 0.2) is 6.20 Å². The lowest BCUT2D eigenvalue weighted by Gasteiger charge is -2.38. The number of aromatic carboxylic acids is 1. The third kappa shape index (κ3) is 4.79. The predicted octanol–water partition coefficient (Wildman–Crippen LogP) is 2.43. The van der Waals surface area contributed by atoms with Gasteiger partial charge in [0.2, 0.25) is 0 Å². The fourth-order valence-corrected chi connectivity index (χ4v) is 4.56. The molecule has 2 amide bonds. The smallest absolute Gasteiger partial charge is 0.347 e. The number of carboxylic acids is 1. The summed E-state index contributed by atoms with van der Waals surface area (Å²) in [5.41, 5.74) is 0.695. The quantitative estimate of drug-likeness (QED) is 0.531. The zero-order valence-corrected chi connectivity index (χ0v) is 19.3. The molecular formula is C18H21Cl2N5O5S. The molecule has 0 aliphatic carbocycles. The molecule has 1 saturated heterocycles. The molecule has 0 radical (unpaired) electrons. The Kier molecular flexibility index (Phi) is 7.10. The van der Waals surface area contributed by atoms with E-state index in [1.807, 2.05) is 4.90 Å². The summed E-state index contributed by atoms with van der Waals surface area (Å²) >= 11 is 13.2. The molecule has 3 rings (SSSR count). The van der Waals surface area contributed by atoms with Crippen LogP contribution in [0.5, 0.6) is 0 Å². The van der Waals surface area contributed by atoms with E-state index in [0.717, 1.165) is 16.4 Å². The first-order chi connectivity index (χ1) is 14.6. The number of aryl methyl sites for hydroxylation is 1. The van der Waals surface area contributed by atoms with Crippen LogP contribution in [0.2, 0.25) is 10.0 Å². The maximum atomic E-state index is 12.9. The molecule has 0 saturated carbocycles. The van der Waals surface area contributed by atoms with E-state index in [4.69, 9.17) is 33.1 Å². The minimum atomic E-state index is -1.06. The van der Waals surface area contributed by atoms with Gasteiger partial charge in [-0.3, -0.25) is 14.4 Å². The monoisotopic (exact) mass is 489 g/mol. The summed E-state index contributed by atoms with van der Waals surface area (Å²) in [6.45, 7) is 2.39. The Hall–Kier alpha value is -2.34. The molecule has 2 unspecified atom stereocenters. The summed E-state index contributed by atoms with van der Waals surface area (Å²) in [6.07, 6.45) is 1.71. The average Bonchev–Trinajstić information content (AvgIpc) is 3.34. The first-order valence-electron chi connectivity index (χ1n) is 9.24. The van der Waals surface area contributed by atoms with E-state index in [9.17, 15) is 14.4 Å². The first-order valence-corrected chi connectivity index (χ1v) is 10.8. The molecule has 0 spiro atoms. The SMILES string of the molecule is CON(C)C(=O)C1CN(c2ncc(C(=O)O)s2)CCC1NC(=O)c1[nH]c(C)c(Cl)c1Cl. The van der Waals surface area contributed by atoms with E-state index < -0.39 is 23.8 Å². The van der Waals surface area contributed by atoms with Crippen LogP contribution in [0.1, 0.15) is 32.3 Å². The van der Waals surface area contributed by atoms with Gasteiger partial charge in [-0.1, -0.05) is 34.5 Å². The maximum Gasteiger partial charge on any atom is 0.347 e. The van der Waals surface area contributed by atoms with Gasteiger partial charge >= 0.3 is 5.97 Å². The zero-order chi connectivity index (χ0) is 22.9. The van der Waals surface area contributed by atoms with E-state index in [2.05, 4.69) is 15.3 Å². The molecule has 2 aromatic rings. The highest BCUT2D eigenvalue weighted by atomic mass is 35.5. The van der Waals surface area contributed by atoms with Crippen molar-refractivity contribution in [3.63, 3.8) is 0 Å². The molecule has 0 bridgehead atoms. The van der Waals surface area contributed by atoms with Crippen molar-refractivity contribution in [2.24, 2.45) is 5.92 Å². The van der Waals surface area contributed by atoms with E-state index in [1.54, 1.807) is 6.92 Å². The molecule has 3 N–H and O–H groups in total. The number of hydrogen-bond acceptors (Lipinski definition) is 7. The fraction of sp³-hybridized carbons (Fsp3) is 0.444. The van der Waals surface area contributed by atoms with Gasteiger partial charge in [-0.2, -0.15) is 0 Å². The van der Waals surface area contributed by atoms with Gasteiger partial charge in [0.1, 0.15) is 10.6 Å². The van der Waals surface area contributed by atoms with Gasteiger partial charge in [0.25, 0.3) is 11.8 Å². The standard InChI is InChI=1S/C18H21Cl2N5O5S/c1-8-12(19)13(20)14(22-8)15(26)23-10-4-5-25(7-9(10)16(27)24(2)30-3)18-21-6-11(31-18)17(28)29/h6,9-10,22H,4-5,7H2,1-3H3,(H,23,26)(H,28,29). The predicted molar refractivity (Wildman–Crippen MR) is 116 cm³/mol. The number of halogens is 2. The van der Waals surface area contributed by atoms with Gasteiger partial charge < -0.3 is 20.3 Å². The van der Waals surface area contributed by atoms with Gasteiger partial charge in [0.05, 0.1) is 29.3 Å². The van der Waals surface area contributed by atoms with Crippen LogP contribution in [0.25, 0.3) is 0 Å². The number of nitrogens with one attached hydrogen (secondary N) is 2. The topological polar surface area (TPSA) is 128 Å². The number of anilines is 1. The molecule has 1 aliphatic rings. The number of hydrogen-bond donors (Lipinski definition) is 3. The van der Waals surface area contributed by atoms with Crippen molar-refractivity contribution < 1.29 is 24.3 Å². The fourth-order valence-electron chi connectivity index (χ4n) is 3.35. The Morgan fingerprint density at radius 2 is 2.10 bits per heavy atom. The Labute approximate surface area is 192 Å². The molecule has 2 aromatic heterocycles. The van der Waals surface area contributed by atoms with Crippen LogP contribution in [-0.2, 0) is 9.63 Å². The summed E-state index contributed by atoms with van der Waals surface area (Å²) in [4.78, 5) is 50.9.